The number of fused-ring (bicyclic) bond motifs is 4. The van der Waals surface area contributed by atoms with Gasteiger partial charge in [-0.2, -0.15) is 0 Å². The lowest BCUT2D eigenvalue weighted by molar-refractivity contribution is 0.171. The van der Waals surface area contributed by atoms with Gasteiger partial charge < -0.3 is 28.8 Å². The molecule has 6 heteroatoms. The van der Waals surface area contributed by atoms with Crippen molar-refractivity contribution in [1.82, 2.24) is 0 Å². The SMILES string of the molecule is COc1cc2c(c(O)c1OC)-c1c(cc3c(c1OC)OCO3)C[C@@H](C)[C@H](C)C2. The lowest BCUT2D eigenvalue weighted by atomic mass is 9.77. The average molecular weight is 386 g/mol. The Morgan fingerprint density at radius 2 is 1.50 bits per heavy atom. The summed E-state index contributed by atoms with van der Waals surface area (Å²) in [6.07, 6.45) is 1.65. The normalized spacial score (nSPS) is 19.9. The monoisotopic (exact) mass is 386 g/mol. The van der Waals surface area contributed by atoms with Gasteiger partial charge in [0.05, 0.1) is 21.3 Å². The molecule has 1 N–H and O–H groups in total. The second-order valence-electron chi connectivity index (χ2n) is 7.54. The summed E-state index contributed by atoms with van der Waals surface area (Å²) >= 11 is 0. The lowest BCUT2D eigenvalue weighted by Gasteiger charge is -2.29. The Bertz CT molecular complexity index is 920. The Morgan fingerprint density at radius 3 is 2.11 bits per heavy atom. The molecule has 2 aliphatic rings. The van der Waals surface area contributed by atoms with Gasteiger partial charge in [-0.1, -0.05) is 13.8 Å². The van der Waals surface area contributed by atoms with Crippen molar-refractivity contribution in [1.29, 1.82) is 0 Å². The molecule has 0 unspecified atom stereocenters. The first-order chi connectivity index (χ1) is 13.5. The second kappa shape index (κ2) is 7.00. The van der Waals surface area contributed by atoms with E-state index >= 15 is 0 Å². The summed E-state index contributed by atoms with van der Waals surface area (Å²) in [6.45, 7) is 4.64. The molecule has 6 nitrogen and oxygen atoms in total. The van der Waals surface area contributed by atoms with Crippen molar-refractivity contribution in [2.24, 2.45) is 11.8 Å². The van der Waals surface area contributed by atoms with Crippen LogP contribution in [0.15, 0.2) is 12.1 Å². The van der Waals surface area contributed by atoms with Crippen LogP contribution < -0.4 is 23.7 Å². The van der Waals surface area contributed by atoms with Crippen LogP contribution in [0.5, 0.6) is 34.5 Å². The third-order valence-corrected chi connectivity index (χ3v) is 5.94. The summed E-state index contributed by atoms with van der Waals surface area (Å²) < 4.78 is 28.0. The standard InChI is InChI=1S/C22H26O6/c1-11-6-13-8-15(24-3)20(25-4)19(23)17(13)18-14(7-12(11)2)9-16-21(22(18)26-5)28-10-27-16/h8-9,11-12,23H,6-7,10H2,1-5H3/t11-,12-/m1/s1. The lowest BCUT2D eigenvalue weighted by Crippen LogP contribution is -2.18. The molecule has 0 amide bonds. The molecule has 4 rings (SSSR count). The largest absolute Gasteiger partial charge is 0.504 e. The fourth-order valence-corrected chi connectivity index (χ4v) is 4.26. The molecule has 0 radical (unpaired) electrons. The van der Waals surface area contributed by atoms with E-state index in [9.17, 15) is 5.11 Å². The van der Waals surface area contributed by atoms with Crippen LogP contribution in [0.25, 0.3) is 11.1 Å². The molecule has 1 aliphatic heterocycles. The molecule has 1 heterocycles. The van der Waals surface area contributed by atoms with Crippen molar-refractivity contribution < 1.29 is 28.8 Å². The number of ether oxygens (including phenoxy) is 5. The molecule has 0 bridgehead atoms. The maximum atomic E-state index is 11.2. The number of phenolic OH excluding ortho intramolecular Hbond substituents is 1. The Hall–Kier alpha value is -2.76. The van der Waals surface area contributed by atoms with Crippen LogP contribution in [0.4, 0.5) is 0 Å². The van der Waals surface area contributed by atoms with Gasteiger partial charge in [0, 0.05) is 11.1 Å². The van der Waals surface area contributed by atoms with Gasteiger partial charge in [-0.15, -0.1) is 0 Å². The number of aromatic hydroxyl groups is 1. The molecular formula is C22H26O6. The molecule has 0 saturated carbocycles. The number of methoxy groups -OCH3 is 3. The van der Waals surface area contributed by atoms with E-state index < -0.39 is 0 Å². The number of hydrogen-bond donors (Lipinski definition) is 1. The summed E-state index contributed by atoms with van der Waals surface area (Å²) in [6, 6.07) is 3.96. The highest BCUT2D eigenvalue weighted by atomic mass is 16.7. The van der Waals surface area contributed by atoms with Crippen LogP contribution in [-0.2, 0) is 12.8 Å². The van der Waals surface area contributed by atoms with Crippen molar-refractivity contribution in [3.8, 4) is 45.6 Å². The van der Waals surface area contributed by atoms with E-state index in [2.05, 4.69) is 13.8 Å². The van der Waals surface area contributed by atoms with Gasteiger partial charge in [0.1, 0.15) is 0 Å². The molecule has 1 aliphatic carbocycles. The zero-order valence-electron chi connectivity index (χ0n) is 16.9. The highest BCUT2D eigenvalue weighted by Gasteiger charge is 2.33. The smallest absolute Gasteiger partial charge is 0.231 e. The minimum atomic E-state index is 0.0528. The maximum absolute atomic E-state index is 11.2. The summed E-state index contributed by atoms with van der Waals surface area (Å²) in [4.78, 5) is 0. The first kappa shape index (κ1) is 18.6. The molecule has 150 valence electrons. The van der Waals surface area contributed by atoms with Gasteiger partial charge in [0.2, 0.25) is 18.3 Å². The maximum Gasteiger partial charge on any atom is 0.231 e. The highest BCUT2D eigenvalue weighted by molar-refractivity contribution is 5.88. The third kappa shape index (κ3) is 2.70. The quantitative estimate of drug-likeness (QED) is 0.853. The summed E-state index contributed by atoms with van der Waals surface area (Å²) in [5.41, 5.74) is 3.59. The van der Waals surface area contributed by atoms with E-state index in [1.165, 1.54) is 7.11 Å². The molecule has 0 saturated heterocycles. The fraction of sp³-hybridized carbons (Fsp3) is 0.455. The molecule has 2 atom stereocenters. The van der Waals surface area contributed by atoms with Gasteiger partial charge in [-0.25, -0.2) is 0 Å². The molecule has 0 spiro atoms. The molecule has 2 aromatic carbocycles. The Kier molecular flexibility index (Phi) is 4.65. The van der Waals surface area contributed by atoms with E-state index in [1.54, 1.807) is 14.2 Å². The van der Waals surface area contributed by atoms with E-state index in [0.717, 1.165) is 29.5 Å². The van der Waals surface area contributed by atoms with Crippen LogP contribution in [0, 0.1) is 11.8 Å². The van der Waals surface area contributed by atoms with Crippen molar-refractivity contribution in [2.45, 2.75) is 26.7 Å². The van der Waals surface area contributed by atoms with Crippen LogP contribution >= 0.6 is 0 Å². The number of hydrogen-bond acceptors (Lipinski definition) is 6. The molecule has 0 fully saturated rings. The van der Waals surface area contributed by atoms with Crippen LogP contribution in [0.2, 0.25) is 0 Å². The first-order valence-corrected chi connectivity index (χ1v) is 9.46. The fourth-order valence-electron chi connectivity index (χ4n) is 4.26. The highest BCUT2D eigenvalue weighted by Crippen LogP contribution is 2.56. The third-order valence-electron chi connectivity index (χ3n) is 5.94. The van der Waals surface area contributed by atoms with Crippen LogP contribution in [0.3, 0.4) is 0 Å². The molecule has 2 aromatic rings. The predicted octanol–water partition coefficient (Wildman–Crippen LogP) is 4.18. The average Bonchev–Trinajstić information content (AvgIpc) is 3.14. The van der Waals surface area contributed by atoms with Gasteiger partial charge >= 0.3 is 0 Å². The Labute approximate surface area is 164 Å². The van der Waals surface area contributed by atoms with E-state index in [4.69, 9.17) is 23.7 Å². The first-order valence-electron chi connectivity index (χ1n) is 9.46. The van der Waals surface area contributed by atoms with Gasteiger partial charge in [0.25, 0.3) is 0 Å². The second-order valence-corrected chi connectivity index (χ2v) is 7.54. The topological polar surface area (TPSA) is 66.4 Å². The summed E-state index contributed by atoms with van der Waals surface area (Å²) in [7, 11) is 4.71. The zero-order chi connectivity index (χ0) is 20.0. The van der Waals surface area contributed by atoms with Gasteiger partial charge in [-0.05, 0) is 47.9 Å². The zero-order valence-corrected chi connectivity index (χ0v) is 16.9. The van der Waals surface area contributed by atoms with Crippen LogP contribution in [0.1, 0.15) is 25.0 Å². The molecule has 0 aromatic heterocycles. The van der Waals surface area contributed by atoms with Crippen molar-refractivity contribution in [3.63, 3.8) is 0 Å². The van der Waals surface area contributed by atoms with Gasteiger partial charge in [0.15, 0.2) is 23.0 Å². The molecule has 28 heavy (non-hydrogen) atoms. The summed E-state index contributed by atoms with van der Waals surface area (Å²) in [5, 5.41) is 11.2. The van der Waals surface area contributed by atoms with Crippen molar-refractivity contribution in [3.05, 3.63) is 23.3 Å². The predicted molar refractivity (Wildman–Crippen MR) is 105 cm³/mol. The Balaban J connectivity index is 2.10. The van der Waals surface area contributed by atoms with Crippen LogP contribution in [-0.4, -0.2) is 33.2 Å². The summed E-state index contributed by atoms with van der Waals surface area (Å²) in [5.74, 6) is 3.56. The minimum absolute atomic E-state index is 0.0528. The Morgan fingerprint density at radius 1 is 0.857 bits per heavy atom. The van der Waals surface area contributed by atoms with E-state index in [0.29, 0.717) is 46.1 Å². The number of phenols is 1. The van der Waals surface area contributed by atoms with Crippen molar-refractivity contribution >= 4 is 0 Å². The molecular weight excluding hydrogens is 360 g/mol. The van der Waals surface area contributed by atoms with E-state index in [-0.39, 0.29) is 12.5 Å². The minimum Gasteiger partial charge on any atom is -0.504 e. The number of rotatable bonds is 3. The van der Waals surface area contributed by atoms with Gasteiger partial charge in [-0.3, -0.25) is 0 Å². The number of benzene rings is 2. The van der Waals surface area contributed by atoms with E-state index in [1.807, 2.05) is 12.1 Å². The van der Waals surface area contributed by atoms with Crippen molar-refractivity contribution in [2.75, 3.05) is 28.1 Å².